The van der Waals surface area contributed by atoms with Crippen molar-refractivity contribution in [1.29, 1.82) is 0 Å². The number of hydrogen-bond acceptors (Lipinski definition) is 13. The van der Waals surface area contributed by atoms with Gasteiger partial charge in [-0.2, -0.15) is 0 Å². The fourth-order valence-electron chi connectivity index (χ4n) is 8.27. The van der Waals surface area contributed by atoms with E-state index >= 15 is 0 Å². The average Bonchev–Trinajstić information content (AvgIpc) is 3.97. The van der Waals surface area contributed by atoms with E-state index in [9.17, 15) is 19.2 Å². The van der Waals surface area contributed by atoms with Crippen LogP contribution in [0.25, 0.3) is 0 Å². The third kappa shape index (κ3) is 15.9. The number of nitrogens with one attached hydrogen (secondary N) is 2. The van der Waals surface area contributed by atoms with Crippen LogP contribution >= 0.6 is 11.3 Å². The molecule has 0 spiro atoms. The molecule has 8 atom stereocenters. The molecular weight excluding hydrogens is 803 g/mol. The van der Waals surface area contributed by atoms with Crippen molar-refractivity contribution < 1.29 is 43.0 Å². The molecule has 16 nitrogen and oxygen atoms in total. The largest absolute Gasteiger partial charge is 0.379 e. The van der Waals surface area contributed by atoms with Gasteiger partial charge in [-0.3, -0.25) is 24.1 Å². The minimum atomic E-state index is -0.624. The highest BCUT2D eigenvalue weighted by molar-refractivity contribution is 7.09. The number of rotatable bonds is 29. The Labute approximate surface area is 367 Å². The van der Waals surface area contributed by atoms with Crippen LogP contribution in [0.15, 0.2) is 41.9 Å². The van der Waals surface area contributed by atoms with E-state index < -0.39 is 30.2 Å². The van der Waals surface area contributed by atoms with Crippen molar-refractivity contribution in [2.75, 3.05) is 81.0 Å². The number of amides is 4. The molecule has 0 aliphatic carbocycles. The van der Waals surface area contributed by atoms with Crippen molar-refractivity contribution in [2.24, 2.45) is 23.7 Å². The zero-order valence-electron chi connectivity index (χ0n) is 37.9. The first-order valence-electron chi connectivity index (χ1n) is 21.6. The summed E-state index contributed by atoms with van der Waals surface area (Å²) in [6.45, 7) is 12.6. The van der Waals surface area contributed by atoms with Gasteiger partial charge in [-0.1, -0.05) is 71.4 Å². The summed E-state index contributed by atoms with van der Waals surface area (Å²) >= 11 is 1.50. The first-order valence-corrected chi connectivity index (χ1v) is 22.5. The number of likely N-dealkylation sites (tertiary alicyclic amines) is 1. The molecule has 1 aliphatic rings. The summed E-state index contributed by atoms with van der Waals surface area (Å²) in [5, 5.41) is 8.81. The van der Waals surface area contributed by atoms with E-state index in [0.717, 1.165) is 23.4 Å². The van der Waals surface area contributed by atoms with E-state index in [1.807, 2.05) is 87.2 Å². The van der Waals surface area contributed by atoms with Gasteiger partial charge in [-0.25, -0.2) is 10.9 Å². The summed E-state index contributed by atoms with van der Waals surface area (Å²) in [6.07, 6.45) is 3.37. The van der Waals surface area contributed by atoms with Crippen molar-refractivity contribution in [3.05, 3.63) is 52.5 Å². The molecule has 0 saturated carbocycles. The van der Waals surface area contributed by atoms with Crippen LogP contribution in [0.5, 0.6) is 0 Å². The van der Waals surface area contributed by atoms with Gasteiger partial charge in [0.25, 0.3) is 0 Å². The summed E-state index contributed by atoms with van der Waals surface area (Å²) < 4.78 is 23.1. The number of thiazole rings is 1. The minimum absolute atomic E-state index is 0.0252. The zero-order valence-corrected chi connectivity index (χ0v) is 38.7. The molecule has 1 aromatic heterocycles. The molecule has 61 heavy (non-hydrogen) atoms. The Morgan fingerprint density at radius 3 is 2.26 bits per heavy atom. The zero-order chi connectivity index (χ0) is 44.9. The number of nitrogens with two attached hydrogens (primary N) is 1. The van der Waals surface area contributed by atoms with Crippen molar-refractivity contribution >= 4 is 35.0 Å². The summed E-state index contributed by atoms with van der Waals surface area (Å²) in [5.74, 6) is 3.53. The van der Waals surface area contributed by atoms with Crippen LogP contribution in [-0.2, 0) is 49.4 Å². The number of likely N-dealkylation sites (N-methyl/N-ethyl adjacent to an activating group) is 2. The maximum Gasteiger partial charge on any atom is 0.242 e. The average molecular weight is 876 g/mol. The maximum atomic E-state index is 14.3. The Hall–Kier alpha value is -3.55. The van der Waals surface area contributed by atoms with E-state index in [1.54, 1.807) is 32.4 Å². The lowest BCUT2D eigenvalue weighted by atomic mass is 9.90. The molecule has 8 unspecified atom stereocenters. The third-order valence-corrected chi connectivity index (χ3v) is 12.6. The summed E-state index contributed by atoms with van der Waals surface area (Å²) in [7, 11) is 6.71. The number of nitrogens with zero attached hydrogens (tertiary/aromatic N) is 4. The topological polar surface area (TPSA) is 187 Å². The molecule has 1 saturated heterocycles. The molecule has 0 bridgehead atoms. The van der Waals surface area contributed by atoms with Gasteiger partial charge >= 0.3 is 0 Å². The fourth-order valence-corrected chi connectivity index (χ4v) is 8.96. The number of carbonyl (C=O) groups excluding carboxylic acids is 4. The van der Waals surface area contributed by atoms with E-state index in [-0.39, 0.29) is 60.5 Å². The number of ether oxygens (including phenoxy) is 4. The van der Waals surface area contributed by atoms with Crippen LogP contribution < -0.4 is 16.5 Å². The Kier molecular flexibility index (Phi) is 23.3. The van der Waals surface area contributed by atoms with Gasteiger partial charge in [0.1, 0.15) is 5.01 Å². The molecule has 1 fully saturated rings. The van der Waals surface area contributed by atoms with Gasteiger partial charge in [0, 0.05) is 45.9 Å². The van der Waals surface area contributed by atoms with Gasteiger partial charge in [-0.15, -0.1) is 11.3 Å². The SMILES string of the molecule is CCC(C)C(C(CC(=O)N1CCCC1C(OC)C(C)C(=O)NC(Cc1ccccc1)c1nccs1)OC)N(C)C(=O)CNC(=O)C(C(C)C)N(C)CCOCCOCCON. The molecule has 3 rings (SSSR count). The van der Waals surface area contributed by atoms with Crippen molar-refractivity contribution in [2.45, 2.75) is 103 Å². The summed E-state index contributed by atoms with van der Waals surface area (Å²) in [4.78, 5) is 69.8. The lowest BCUT2D eigenvalue weighted by Gasteiger charge is -2.39. The lowest BCUT2D eigenvalue weighted by molar-refractivity contribution is -0.146. The number of benzene rings is 1. The molecule has 1 aromatic carbocycles. The molecule has 2 heterocycles. The first kappa shape index (κ1) is 51.8. The first-order chi connectivity index (χ1) is 29.3. The standard InChI is InChI=1S/C44H73N7O9S/c1-10-31(4)40(50(7)38(53)29-47-43(55)39(30(2)3)49(6)20-21-58-22-23-59-24-25-60-45)36(56-8)28-37(52)51-19-14-17-35(51)41(57-9)32(5)42(54)48-34(44-46-18-26-61-44)27-33-15-12-11-13-16-33/h11-13,15-16,18,26,30-32,34-36,39-41H,10,14,17,19-25,27-29,45H2,1-9H3,(H,47,55)(H,48,54). The van der Waals surface area contributed by atoms with Crippen LogP contribution in [-0.4, -0.2) is 155 Å². The molecule has 4 amide bonds. The Balaban J connectivity index is 1.64. The van der Waals surface area contributed by atoms with Gasteiger partial charge in [-0.05, 0) is 43.7 Å². The van der Waals surface area contributed by atoms with Crippen molar-refractivity contribution in [3.63, 3.8) is 0 Å². The predicted molar refractivity (Wildman–Crippen MR) is 235 cm³/mol. The number of hydrogen-bond donors (Lipinski definition) is 3. The lowest BCUT2D eigenvalue weighted by Crippen LogP contribution is -2.55. The summed E-state index contributed by atoms with van der Waals surface area (Å²) in [5.41, 5.74) is 1.09. The monoisotopic (exact) mass is 876 g/mol. The highest BCUT2D eigenvalue weighted by Gasteiger charge is 2.42. The van der Waals surface area contributed by atoms with Crippen LogP contribution in [0.2, 0.25) is 0 Å². The highest BCUT2D eigenvalue weighted by atomic mass is 32.1. The second-order valence-corrected chi connectivity index (χ2v) is 17.2. The number of carbonyl (C=O) groups is 4. The van der Waals surface area contributed by atoms with E-state index in [1.165, 1.54) is 11.3 Å². The second-order valence-electron chi connectivity index (χ2n) is 16.2. The number of aromatic nitrogens is 1. The van der Waals surface area contributed by atoms with Gasteiger partial charge in [0.15, 0.2) is 0 Å². The molecule has 4 N–H and O–H groups in total. The van der Waals surface area contributed by atoms with Crippen LogP contribution in [0, 0.1) is 17.8 Å². The Morgan fingerprint density at radius 2 is 1.66 bits per heavy atom. The molecular formula is C44H73N7O9S. The molecule has 17 heteroatoms. The smallest absolute Gasteiger partial charge is 0.242 e. The molecule has 2 aromatic rings. The summed E-state index contributed by atoms with van der Waals surface area (Å²) in [6, 6.07) is 8.41. The van der Waals surface area contributed by atoms with Gasteiger partial charge in [0.2, 0.25) is 23.6 Å². The van der Waals surface area contributed by atoms with Crippen molar-refractivity contribution in [3.8, 4) is 0 Å². The second kappa shape index (κ2) is 27.5. The Morgan fingerprint density at radius 1 is 0.967 bits per heavy atom. The van der Waals surface area contributed by atoms with Crippen LogP contribution in [0.1, 0.15) is 76.9 Å². The third-order valence-electron chi connectivity index (χ3n) is 11.7. The molecule has 1 aliphatic heterocycles. The van der Waals surface area contributed by atoms with Crippen LogP contribution in [0.3, 0.4) is 0 Å². The van der Waals surface area contributed by atoms with Crippen molar-refractivity contribution in [1.82, 2.24) is 30.3 Å². The van der Waals surface area contributed by atoms with E-state index in [0.29, 0.717) is 59.0 Å². The van der Waals surface area contributed by atoms with Gasteiger partial charge in [0.05, 0.1) is 88.3 Å². The van der Waals surface area contributed by atoms with E-state index in [4.69, 9.17) is 24.8 Å². The van der Waals surface area contributed by atoms with Crippen LogP contribution in [0.4, 0.5) is 0 Å². The quantitative estimate of drug-likeness (QED) is 0.0800. The predicted octanol–water partition coefficient (Wildman–Crippen LogP) is 3.46. The number of methoxy groups -OCH3 is 2. The molecule has 0 radical (unpaired) electrons. The normalized spacial score (nSPS) is 17.7. The maximum absolute atomic E-state index is 14.3. The van der Waals surface area contributed by atoms with Gasteiger partial charge < -0.3 is 44.2 Å². The minimum Gasteiger partial charge on any atom is -0.379 e. The van der Waals surface area contributed by atoms with E-state index in [2.05, 4.69) is 20.5 Å². The Bertz CT molecular complexity index is 1570. The molecule has 344 valence electrons. The fraction of sp³-hybridized carbons (Fsp3) is 0.705. The highest BCUT2D eigenvalue weighted by Crippen LogP contribution is 2.30.